The maximum Gasteiger partial charge on any atom is 0.323 e. The van der Waals surface area contributed by atoms with Crippen LogP contribution in [0.15, 0.2) is 0 Å². The predicted molar refractivity (Wildman–Crippen MR) is 70.7 cm³/mol. The van der Waals surface area contributed by atoms with Crippen LogP contribution in [0.25, 0.3) is 0 Å². The average Bonchev–Trinajstić information content (AvgIpc) is 2.26. The zero-order valence-electron chi connectivity index (χ0n) is 10.7. The molecule has 2 heterocycles. The molecule has 8 nitrogen and oxygen atoms in total. The largest absolute Gasteiger partial charge is 0.464 e. The maximum absolute atomic E-state index is 11.5. The van der Waals surface area contributed by atoms with Crippen LogP contribution in [0.3, 0.4) is 0 Å². The highest BCUT2D eigenvalue weighted by Gasteiger charge is 2.25. The van der Waals surface area contributed by atoms with E-state index in [4.69, 9.17) is 10.5 Å². The van der Waals surface area contributed by atoms with Gasteiger partial charge in [-0.3, -0.25) is 0 Å². The first kappa shape index (κ1) is 13.8. The fourth-order valence-corrected chi connectivity index (χ4v) is 3.59. The van der Waals surface area contributed by atoms with E-state index in [0.29, 0.717) is 13.0 Å². The lowest BCUT2D eigenvalue weighted by Crippen LogP contribution is -2.35. The highest BCUT2D eigenvalue weighted by atomic mass is 32.2. The van der Waals surface area contributed by atoms with Crippen molar-refractivity contribution in [3.63, 3.8) is 0 Å². The van der Waals surface area contributed by atoms with Crippen LogP contribution < -0.4 is 15.8 Å². The SMILES string of the molecule is CCOc1nc(N)nc(NC2CCCS(=O)(=O)C2)n1. The van der Waals surface area contributed by atoms with E-state index in [1.54, 1.807) is 6.92 Å². The van der Waals surface area contributed by atoms with E-state index in [2.05, 4.69) is 20.3 Å². The third-order valence-corrected chi connectivity index (χ3v) is 4.52. The van der Waals surface area contributed by atoms with Crippen molar-refractivity contribution in [3.05, 3.63) is 0 Å². The quantitative estimate of drug-likeness (QED) is 0.784. The molecule has 0 radical (unpaired) electrons. The van der Waals surface area contributed by atoms with Crippen LogP contribution in [-0.4, -0.2) is 47.5 Å². The molecule has 1 aliphatic heterocycles. The van der Waals surface area contributed by atoms with Gasteiger partial charge in [-0.1, -0.05) is 0 Å². The normalized spacial score (nSPS) is 21.8. The van der Waals surface area contributed by atoms with E-state index >= 15 is 0 Å². The van der Waals surface area contributed by atoms with E-state index in [-0.39, 0.29) is 35.5 Å². The summed E-state index contributed by atoms with van der Waals surface area (Å²) in [6, 6.07) is -0.0637. The Kier molecular flexibility index (Phi) is 4.03. The highest BCUT2D eigenvalue weighted by Crippen LogP contribution is 2.17. The topological polar surface area (TPSA) is 120 Å². The van der Waals surface area contributed by atoms with Crippen LogP contribution in [0, 0.1) is 0 Å². The number of ether oxygens (including phenoxy) is 1. The summed E-state index contributed by atoms with van der Waals surface area (Å²) >= 11 is 0. The van der Waals surface area contributed by atoms with Crippen molar-refractivity contribution in [2.24, 2.45) is 0 Å². The second kappa shape index (κ2) is 5.55. The molecule has 0 saturated carbocycles. The number of hydrogen-bond acceptors (Lipinski definition) is 8. The molecule has 106 valence electrons. The van der Waals surface area contributed by atoms with Crippen LogP contribution in [-0.2, 0) is 9.84 Å². The molecule has 1 aromatic rings. The third-order valence-electron chi connectivity index (χ3n) is 2.70. The second-order valence-electron chi connectivity index (χ2n) is 4.33. The van der Waals surface area contributed by atoms with Crippen molar-refractivity contribution >= 4 is 21.7 Å². The Labute approximate surface area is 111 Å². The summed E-state index contributed by atoms with van der Waals surface area (Å²) in [5.74, 6) is 0.620. The summed E-state index contributed by atoms with van der Waals surface area (Å²) < 4.78 is 28.2. The molecule has 1 aliphatic rings. The Morgan fingerprint density at radius 2 is 2.21 bits per heavy atom. The van der Waals surface area contributed by atoms with Crippen molar-refractivity contribution in [1.82, 2.24) is 15.0 Å². The summed E-state index contributed by atoms with van der Waals surface area (Å²) in [6.45, 7) is 2.22. The van der Waals surface area contributed by atoms with Gasteiger partial charge in [-0.2, -0.15) is 15.0 Å². The van der Waals surface area contributed by atoms with Crippen molar-refractivity contribution in [2.45, 2.75) is 25.8 Å². The van der Waals surface area contributed by atoms with E-state index in [9.17, 15) is 8.42 Å². The predicted octanol–water partition coefficient (Wildman–Crippen LogP) is -0.158. The van der Waals surface area contributed by atoms with Gasteiger partial charge in [0.25, 0.3) is 0 Å². The Bertz CT molecular complexity index is 548. The van der Waals surface area contributed by atoms with Gasteiger partial charge in [0.2, 0.25) is 11.9 Å². The second-order valence-corrected chi connectivity index (χ2v) is 6.56. The van der Waals surface area contributed by atoms with Gasteiger partial charge in [-0.25, -0.2) is 8.42 Å². The minimum Gasteiger partial charge on any atom is -0.464 e. The molecular formula is C10H17N5O3S. The maximum atomic E-state index is 11.5. The minimum absolute atomic E-state index is 0.0413. The average molecular weight is 287 g/mol. The number of rotatable bonds is 4. The first-order chi connectivity index (χ1) is 8.98. The summed E-state index contributed by atoms with van der Waals surface area (Å²) in [4.78, 5) is 11.8. The minimum atomic E-state index is -2.98. The van der Waals surface area contributed by atoms with Crippen molar-refractivity contribution in [1.29, 1.82) is 0 Å². The molecule has 1 aromatic heterocycles. The fourth-order valence-electron chi connectivity index (χ4n) is 1.95. The number of anilines is 2. The molecule has 9 heteroatoms. The Hall–Kier alpha value is -1.64. The molecule has 0 amide bonds. The molecule has 1 saturated heterocycles. The number of hydrogen-bond donors (Lipinski definition) is 2. The number of nitrogen functional groups attached to an aromatic ring is 1. The molecule has 1 unspecified atom stereocenters. The van der Waals surface area contributed by atoms with Crippen LogP contribution in [0.2, 0.25) is 0 Å². The molecule has 0 aliphatic carbocycles. The Morgan fingerprint density at radius 3 is 2.89 bits per heavy atom. The zero-order chi connectivity index (χ0) is 13.9. The van der Waals surface area contributed by atoms with E-state index in [1.165, 1.54) is 0 Å². The van der Waals surface area contributed by atoms with E-state index in [0.717, 1.165) is 6.42 Å². The number of nitrogens with one attached hydrogen (secondary N) is 1. The highest BCUT2D eigenvalue weighted by molar-refractivity contribution is 7.91. The molecule has 1 fully saturated rings. The summed E-state index contributed by atoms with van der Waals surface area (Å²) in [5, 5.41) is 2.97. The standard InChI is InChI=1S/C10H17N5O3S/c1-2-18-10-14-8(11)13-9(15-10)12-7-4-3-5-19(16,17)6-7/h7H,2-6H2,1H3,(H3,11,12,13,14,15). The Balaban J connectivity index is 2.10. The van der Waals surface area contributed by atoms with Gasteiger partial charge < -0.3 is 15.8 Å². The monoisotopic (exact) mass is 287 g/mol. The molecule has 0 aromatic carbocycles. The van der Waals surface area contributed by atoms with Gasteiger partial charge in [-0.15, -0.1) is 0 Å². The summed E-state index contributed by atoms with van der Waals surface area (Å²) in [6.07, 6.45) is 1.40. The van der Waals surface area contributed by atoms with Crippen LogP contribution >= 0.6 is 0 Å². The molecule has 0 bridgehead atoms. The fraction of sp³-hybridized carbons (Fsp3) is 0.700. The molecule has 2 rings (SSSR count). The molecule has 1 atom stereocenters. The Morgan fingerprint density at radius 1 is 1.42 bits per heavy atom. The number of nitrogens with two attached hydrogens (primary N) is 1. The van der Waals surface area contributed by atoms with Gasteiger partial charge in [-0.05, 0) is 19.8 Å². The number of aromatic nitrogens is 3. The first-order valence-corrected chi connectivity index (χ1v) is 7.92. The summed E-state index contributed by atoms with van der Waals surface area (Å²) in [5.41, 5.74) is 5.55. The first-order valence-electron chi connectivity index (χ1n) is 6.10. The van der Waals surface area contributed by atoms with Crippen molar-refractivity contribution < 1.29 is 13.2 Å². The van der Waals surface area contributed by atoms with Crippen LogP contribution in [0.5, 0.6) is 6.01 Å². The summed E-state index contributed by atoms with van der Waals surface area (Å²) in [7, 11) is -2.98. The molecule has 19 heavy (non-hydrogen) atoms. The van der Waals surface area contributed by atoms with Crippen molar-refractivity contribution in [2.75, 3.05) is 29.2 Å². The smallest absolute Gasteiger partial charge is 0.323 e. The van der Waals surface area contributed by atoms with Gasteiger partial charge in [0.15, 0.2) is 9.84 Å². The number of nitrogens with zero attached hydrogens (tertiary/aromatic N) is 3. The molecule has 0 spiro atoms. The van der Waals surface area contributed by atoms with Crippen LogP contribution in [0.1, 0.15) is 19.8 Å². The lowest BCUT2D eigenvalue weighted by atomic mass is 10.2. The number of sulfone groups is 1. The van der Waals surface area contributed by atoms with Gasteiger partial charge in [0, 0.05) is 6.04 Å². The molecular weight excluding hydrogens is 270 g/mol. The lowest BCUT2D eigenvalue weighted by molar-refractivity contribution is 0.312. The molecule has 3 N–H and O–H groups in total. The van der Waals surface area contributed by atoms with Gasteiger partial charge >= 0.3 is 6.01 Å². The van der Waals surface area contributed by atoms with Gasteiger partial charge in [0.05, 0.1) is 18.1 Å². The van der Waals surface area contributed by atoms with E-state index < -0.39 is 9.84 Å². The van der Waals surface area contributed by atoms with Gasteiger partial charge in [0.1, 0.15) is 0 Å². The third kappa shape index (κ3) is 3.91. The van der Waals surface area contributed by atoms with E-state index in [1.807, 2.05) is 0 Å². The van der Waals surface area contributed by atoms with Crippen molar-refractivity contribution in [3.8, 4) is 6.01 Å². The zero-order valence-corrected chi connectivity index (χ0v) is 11.5. The van der Waals surface area contributed by atoms with Crippen LogP contribution in [0.4, 0.5) is 11.9 Å². The lowest BCUT2D eigenvalue weighted by Gasteiger charge is -2.22.